The second kappa shape index (κ2) is 3.98. The van der Waals surface area contributed by atoms with Crippen molar-refractivity contribution >= 4 is 31.9 Å². The van der Waals surface area contributed by atoms with Crippen molar-refractivity contribution < 1.29 is 9.63 Å². The first kappa shape index (κ1) is 10.7. The molecule has 78 valence electrons. The third kappa shape index (κ3) is 1.94. The fraction of sp³-hybridized carbons (Fsp3) is 0.100. The number of aromatic nitrogens is 1. The quantitative estimate of drug-likeness (QED) is 0.862. The van der Waals surface area contributed by atoms with Gasteiger partial charge in [-0.1, -0.05) is 21.1 Å². The summed E-state index contributed by atoms with van der Waals surface area (Å²) >= 11 is 6.62. The number of aryl methyl sites for hydroxylation is 1. The molecule has 0 amide bonds. The van der Waals surface area contributed by atoms with Gasteiger partial charge in [0, 0.05) is 10.0 Å². The van der Waals surface area contributed by atoms with E-state index in [-0.39, 0.29) is 5.75 Å². The molecule has 3 nitrogen and oxygen atoms in total. The topological polar surface area (TPSA) is 46.3 Å². The molecule has 0 aliphatic heterocycles. The Bertz CT molecular complexity index is 508. The van der Waals surface area contributed by atoms with Gasteiger partial charge in [0.15, 0.2) is 5.76 Å². The van der Waals surface area contributed by atoms with E-state index in [9.17, 15) is 5.11 Å². The third-order valence-electron chi connectivity index (χ3n) is 2.02. The van der Waals surface area contributed by atoms with E-state index in [0.29, 0.717) is 15.8 Å². The summed E-state index contributed by atoms with van der Waals surface area (Å²) in [6.45, 7) is 1.88. The Hall–Kier alpha value is -0.810. The zero-order valence-electron chi connectivity index (χ0n) is 7.79. The van der Waals surface area contributed by atoms with Crippen LogP contribution in [0.1, 0.15) is 5.56 Å². The van der Waals surface area contributed by atoms with Crippen LogP contribution in [0.2, 0.25) is 0 Å². The van der Waals surface area contributed by atoms with Crippen LogP contribution in [0.3, 0.4) is 0 Å². The number of hydrogen-bond acceptors (Lipinski definition) is 3. The summed E-state index contributed by atoms with van der Waals surface area (Å²) in [4.78, 5) is 0. The van der Waals surface area contributed by atoms with Gasteiger partial charge >= 0.3 is 0 Å². The highest BCUT2D eigenvalue weighted by atomic mass is 79.9. The highest BCUT2D eigenvalue weighted by molar-refractivity contribution is 9.11. The second-order valence-corrected chi connectivity index (χ2v) is 4.89. The molecular formula is C10H7Br2NO2. The largest absolute Gasteiger partial charge is 0.506 e. The molecule has 5 heteroatoms. The van der Waals surface area contributed by atoms with Crippen molar-refractivity contribution in [2.75, 3.05) is 0 Å². The normalized spacial score (nSPS) is 10.6. The SMILES string of the molecule is Cc1cnoc1-c1cc(Br)cc(Br)c1O. The average Bonchev–Trinajstić information content (AvgIpc) is 2.58. The van der Waals surface area contributed by atoms with E-state index >= 15 is 0 Å². The number of hydrogen-bond donors (Lipinski definition) is 1. The number of halogens is 2. The van der Waals surface area contributed by atoms with Crippen molar-refractivity contribution in [1.82, 2.24) is 5.16 Å². The number of aromatic hydroxyl groups is 1. The first-order valence-corrected chi connectivity index (χ1v) is 5.78. The highest BCUT2D eigenvalue weighted by Gasteiger charge is 2.14. The monoisotopic (exact) mass is 331 g/mol. The van der Waals surface area contributed by atoms with Crippen LogP contribution >= 0.6 is 31.9 Å². The Morgan fingerprint density at radius 2 is 2.07 bits per heavy atom. The van der Waals surface area contributed by atoms with E-state index < -0.39 is 0 Å². The second-order valence-electron chi connectivity index (χ2n) is 3.12. The molecule has 0 saturated heterocycles. The van der Waals surface area contributed by atoms with Gasteiger partial charge < -0.3 is 9.63 Å². The molecule has 2 aromatic rings. The lowest BCUT2D eigenvalue weighted by Crippen LogP contribution is -1.81. The molecule has 15 heavy (non-hydrogen) atoms. The van der Waals surface area contributed by atoms with Gasteiger partial charge in [0.25, 0.3) is 0 Å². The standard InChI is InChI=1S/C10H7Br2NO2/c1-5-4-13-15-10(5)7-2-6(11)3-8(12)9(7)14/h2-4,14H,1H3. The zero-order chi connectivity index (χ0) is 11.0. The van der Waals surface area contributed by atoms with E-state index in [2.05, 4.69) is 37.0 Å². The zero-order valence-corrected chi connectivity index (χ0v) is 11.0. The van der Waals surface area contributed by atoms with E-state index in [4.69, 9.17) is 4.52 Å². The fourth-order valence-corrected chi connectivity index (χ4v) is 2.51. The van der Waals surface area contributed by atoms with Crippen LogP contribution in [0.25, 0.3) is 11.3 Å². The van der Waals surface area contributed by atoms with Gasteiger partial charge in [-0.3, -0.25) is 0 Å². The van der Waals surface area contributed by atoms with Gasteiger partial charge in [-0.15, -0.1) is 0 Å². The van der Waals surface area contributed by atoms with Crippen molar-refractivity contribution in [3.8, 4) is 17.1 Å². The van der Waals surface area contributed by atoms with Crippen LogP contribution in [0, 0.1) is 6.92 Å². The number of phenolic OH excluding ortho intramolecular Hbond substituents is 1. The predicted octanol–water partition coefficient (Wildman–Crippen LogP) is 3.88. The molecule has 1 N–H and O–H groups in total. The smallest absolute Gasteiger partial charge is 0.173 e. The summed E-state index contributed by atoms with van der Waals surface area (Å²) in [5.74, 6) is 0.729. The maximum absolute atomic E-state index is 9.86. The van der Waals surface area contributed by atoms with Gasteiger partial charge in [0.05, 0.1) is 16.2 Å². The van der Waals surface area contributed by atoms with Crippen molar-refractivity contribution in [2.24, 2.45) is 0 Å². The molecule has 0 bridgehead atoms. The minimum absolute atomic E-state index is 0.151. The lowest BCUT2D eigenvalue weighted by atomic mass is 10.1. The average molecular weight is 333 g/mol. The fourth-order valence-electron chi connectivity index (χ4n) is 1.29. The number of nitrogens with zero attached hydrogens (tertiary/aromatic N) is 1. The van der Waals surface area contributed by atoms with Crippen LogP contribution in [0.4, 0.5) is 0 Å². The molecule has 0 aliphatic carbocycles. The van der Waals surface area contributed by atoms with Crippen LogP contribution in [-0.4, -0.2) is 10.3 Å². The molecule has 0 atom stereocenters. The molecule has 0 unspecified atom stereocenters. The Balaban J connectivity index is 2.68. The van der Waals surface area contributed by atoms with Crippen LogP contribution in [-0.2, 0) is 0 Å². The third-order valence-corrected chi connectivity index (χ3v) is 3.08. The van der Waals surface area contributed by atoms with Crippen molar-refractivity contribution in [2.45, 2.75) is 6.92 Å². The van der Waals surface area contributed by atoms with E-state index in [1.165, 1.54) is 0 Å². The highest BCUT2D eigenvalue weighted by Crippen LogP contribution is 2.39. The van der Waals surface area contributed by atoms with Gasteiger partial charge in [0.2, 0.25) is 0 Å². The molecule has 1 heterocycles. The van der Waals surface area contributed by atoms with E-state index in [0.717, 1.165) is 10.0 Å². The van der Waals surface area contributed by atoms with Crippen molar-refractivity contribution in [3.63, 3.8) is 0 Å². The maximum Gasteiger partial charge on any atom is 0.173 e. The van der Waals surface area contributed by atoms with Crippen LogP contribution < -0.4 is 0 Å². The van der Waals surface area contributed by atoms with Gasteiger partial charge in [-0.2, -0.15) is 0 Å². The molecule has 0 radical (unpaired) electrons. The molecule has 0 spiro atoms. The Labute approximate surface area is 103 Å². The molecule has 0 aliphatic rings. The molecule has 2 rings (SSSR count). The Morgan fingerprint density at radius 1 is 1.33 bits per heavy atom. The first-order chi connectivity index (χ1) is 7.09. The minimum Gasteiger partial charge on any atom is -0.506 e. The van der Waals surface area contributed by atoms with Gasteiger partial charge in [0.1, 0.15) is 5.75 Å². The Kier molecular flexibility index (Phi) is 2.84. The molecule has 1 aromatic heterocycles. The van der Waals surface area contributed by atoms with Crippen molar-refractivity contribution in [3.05, 3.63) is 32.8 Å². The lowest BCUT2D eigenvalue weighted by Gasteiger charge is -2.04. The number of rotatable bonds is 1. The molecule has 0 saturated carbocycles. The summed E-state index contributed by atoms with van der Waals surface area (Å²) in [5, 5.41) is 13.5. The summed E-state index contributed by atoms with van der Waals surface area (Å²) in [6, 6.07) is 3.55. The van der Waals surface area contributed by atoms with E-state index in [1.54, 1.807) is 18.3 Å². The Morgan fingerprint density at radius 3 is 2.67 bits per heavy atom. The lowest BCUT2D eigenvalue weighted by molar-refractivity contribution is 0.425. The summed E-state index contributed by atoms with van der Waals surface area (Å²) in [7, 11) is 0. The molecule has 0 fully saturated rings. The number of benzene rings is 1. The molecular weight excluding hydrogens is 326 g/mol. The van der Waals surface area contributed by atoms with Gasteiger partial charge in [-0.05, 0) is 35.0 Å². The van der Waals surface area contributed by atoms with E-state index in [1.807, 2.05) is 6.92 Å². The van der Waals surface area contributed by atoms with Crippen LogP contribution in [0.5, 0.6) is 5.75 Å². The summed E-state index contributed by atoms with van der Waals surface area (Å²) in [6.07, 6.45) is 1.61. The summed E-state index contributed by atoms with van der Waals surface area (Å²) in [5.41, 5.74) is 1.50. The molecule has 1 aromatic carbocycles. The summed E-state index contributed by atoms with van der Waals surface area (Å²) < 4.78 is 6.56. The maximum atomic E-state index is 9.86. The predicted molar refractivity (Wildman–Crippen MR) is 63.7 cm³/mol. The van der Waals surface area contributed by atoms with Gasteiger partial charge in [-0.25, -0.2) is 0 Å². The minimum atomic E-state index is 0.151. The van der Waals surface area contributed by atoms with Crippen LogP contribution in [0.15, 0.2) is 31.8 Å². The first-order valence-electron chi connectivity index (χ1n) is 4.19. The number of phenols is 1. The van der Waals surface area contributed by atoms with Crippen molar-refractivity contribution in [1.29, 1.82) is 0 Å².